The van der Waals surface area contributed by atoms with E-state index in [1.807, 2.05) is 0 Å². The van der Waals surface area contributed by atoms with E-state index in [2.05, 4.69) is 6.07 Å². The fourth-order valence-corrected chi connectivity index (χ4v) is 3.82. The third kappa shape index (κ3) is 1.78. The van der Waals surface area contributed by atoms with Gasteiger partial charge in [-0.25, -0.2) is 0 Å². The van der Waals surface area contributed by atoms with E-state index >= 15 is 0 Å². The lowest BCUT2D eigenvalue weighted by molar-refractivity contribution is -0.0997. The molecule has 1 aliphatic heterocycles. The van der Waals surface area contributed by atoms with Gasteiger partial charge in [-0.1, -0.05) is 6.42 Å². The highest BCUT2D eigenvalue weighted by Crippen LogP contribution is 2.53. The van der Waals surface area contributed by atoms with Crippen molar-refractivity contribution in [2.75, 3.05) is 13.2 Å². The van der Waals surface area contributed by atoms with Crippen molar-refractivity contribution in [2.45, 2.75) is 50.5 Å². The van der Waals surface area contributed by atoms with Crippen LogP contribution < -0.4 is 0 Å². The second kappa shape index (κ2) is 3.96. The first-order chi connectivity index (χ1) is 8.19. The number of nitriles is 1. The number of hydrogen-bond donors (Lipinski definition) is 1. The zero-order valence-corrected chi connectivity index (χ0v) is 10.3. The van der Waals surface area contributed by atoms with Gasteiger partial charge in [0.15, 0.2) is 0 Å². The molecule has 1 saturated heterocycles. The Morgan fingerprint density at radius 3 is 2.59 bits per heavy atom. The fraction of sp³-hybridized carbons (Fsp3) is 0.929. The van der Waals surface area contributed by atoms with E-state index in [1.165, 1.54) is 19.3 Å². The van der Waals surface area contributed by atoms with E-state index in [1.54, 1.807) is 0 Å². The molecule has 0 aromatic heterocycles. The van der Waals surface area contributed by atoms with Crippen molar-refractivity contribution in [3.63, 3.8) is 0 Å². The van der Waals surface area contributed by atoms with Crippen LogP contribution in [0.5, 0.6) is 0 Å². The van der Waals surface area contributed by atoms with Crippen LogP contribution in [0.3, 0.4) is 0 Å². The van der Waals surface area contributed by atoms with Crippen LogP contribution >= 0.6 is 0 Å². The average Bonchev–Trinajstić information content (AvgIpc) is 3.07. The average molecular weight is 235 g/mol. The Morgan fingerprint density at radius 2 is 2.00 bits per heavy atom. The maximum atomic E-state index is 11.0. The Hall–Kier alpha value is -0.590. The van der Waals surface area contributed by atoms with E-state index in [0.717, 1.165) is 25.2 Å². The van der Waals surface area contributed by atoms with Crippen LogP contribution in [0.2, 0.25) is 0 Å². The first-order valence-electron chi connectivity index (χ1n) is 6.91. The molecular formula is C14H21NO2. The molecule has 3 fully saturated rings. The van der Waals surface area contributed by atoms with Crippen molar-refractivity contribution in [3.8, 4) is 6.07 Å². The van der Waals surface area contributed by atoms with Crippen LogP contribution in [0.25, 0.3) is 0 Å². The van der Waals surface area contributed by atoms with Crippen molar-refractivity contribution in [1.29, 1.82) is 5.26 Å². The number of nitrogens with zero attached hydrogens (tertiary/aromatic N) is 1. The van der Waals surface area contributed by atoms with Gasteiger partial charge >= 0.3 is 0 Å². The summed E-state index contributed by atoms with van der Waals surface area (Å²) in [5.74, 6) is 1.49. The molecule has 0 amide bonds. The summed E-state index contributed by atoms with van der Waals surface area (Å²) in [5, 5.41) is 20.5. The van der Waals surface area contributed by atoms with Crippen molar-refractivity contribution in [2.24, 2.45) is 17.3 Å². The number of ether oxygens (including phenoxy) is 1. The second-order valence-corrected chi connectivity index (χ2v) is 6.22. The van der Waals surface area contributed by atoms with Gasteiger partial charge in [0.1, 0.15) is 5.41 Å². The zero-order valence-electron chi connectivity index (χ0n) is 10.3. The molecule has 0 spiro atoms. The molecule has 3 heteroatoms. The van der Waals surface area contributed by atoms with E-state index < -0.39 is 11.0 Å². The van der Waals surface area contributed by atoms with Crippen LogP contribution in [0.4, 0.5) is 0 Å². The molecule has 0 radical (unpaired) electrons. The highest BCUT2D eigenvalue weighted by Gasteiger charge is 2.56. The summed E-state index contributed by atoms with van der Waals surface area (Å²) in [6, 6.07) is 2.39. The molecule has 0 bridgehead atoms. The quantitative estimate of drug-likeness (QED) is 0.798. The second-order valence-electron chi connectivity index (χ2n) is 6.22. The normalized spacial score (nSPS) is 46.7. The molecule has 17 heavy (non-hydrogen) atoms. The van der Waals surface area contributed by atoms with Gasteiger partial charge in [-0.3, -0.25) is 0 Å². The lowest BCUT2D eigenvalue weighted by Crippen LogP contribution is -2.51. The lowest BCUT2D eigenvalue weighted by Gasteiger charge is -2.45. The maximum absolute atomic E-state index is 11.0. The number of rotatable bonds is 2. The molecule has 2 aliphatic carbocycles. The Kier molecular flexibility index (Phi) is 2.68. The Balaban J connectivity index is 1.81. The standard InChI is InChI=1S/C14H21NO2/c15-9-13(6-7-17-10-13)14(16)5-1-2-12(8-14)11-3-4-11/h11-12,16H,1-8,10H2. The molecule has 1 heterocycles. The van der Waals surface area contributed by atoms with Gasteiger partial charge in [0.05, 0.1) is 18.3 Å². The summed E-state index contributed by atoms with van der Waals surface area (Å²) in [6.45, 7) is 1.06. The fourth-order valence-electron chi connectivity index (χ4n) is 3.82. The number of aliphatic hydroxyl groups is 1. The van der Waals surface area contributed by atoms with Gasteiger partial charge in [0.2, 0.25) is 0 Å². The molecule has 2 saturated carbocycles. The van der Waals surface area contributed by atoms with E-state index in [4.69, 9.17) is 4.74 Å². The smallest absolute Gasteiger partial charge is 0.111 e. The monoisotopic (exact) mass is 235 g/mol. The van der Waals surface area contributed by atoms with Gasteiger partial charge in [-0.15, -0.1) is 0 Å². The third-order valence-corrected chi connectivity index (χ3v) is 5.18. The van der Waals surface area contributed by atoms with Crippen molar-refractivity contribution in [1.82, 2.24) is 0 Å². The van der Waals surface area contributed by atoms with Gasteiger partial charge in [0.25, 0.3) is 0 Å². The predicted octanol–water partition coefficient (Wildman–Crippen LogP) is 2.25. The molecule has 3 aliphatic rings. The van der Waals surface area contributed by atoms with Crippen LogP contribution in [-0.4, -0.2) is 23.9 Å². The molecular weight excluding hydrogens is 214 g/mol. The van der Waals surface area contributed by atoms with Crippen LogP contribution in [0, 0.1) is 28.6 Å². The SMILES string of the molecule is N#CC1(C2(O)CCCC(C3CC3)C2)CCOC1. The Morgan fingerprint density at radius 1 is 1.18 bits per heavy atom. The minimum atomic E-state index is -0.788. The zero-order chi connectivity index (χ0) is 11.9. The first-order valence-corrected chi connectivity index (χ1v) is 6.91. The van der Waals surface area contributed by atoms with Gasteiger partial charge in [-0.2, -0.15) is 5.26 Å². The minimum absolute atomic E-state index is 0.428. The summed E-state index contributed by atoms with van der Waals surface area (Å²) in [5.41, 5.74) is -1.41. The van der Waals surface area contributed by atoms with Gasteiger partial charge in [-0.05, 0) is 50.4 Å². The topological polar surface area (TPSA) is 53.2 Å². The lowest BCUT2D eigenvalue weighted by atomic mass is 9.62. The third-order valence-electron chi connectivity index (χ3n) is 5.18. The molecule has 3 rings (SSSR count). The molecule has 3 atom stereocenters. The van der Waals surface area contributed by atoms with Crippen LogP contribution in [0.1, 0.15) is 44.9 Å². The predicted molar refractivity (Wildman–Crippen MR) is 63.1 cm³/mol. The highest BCUT2D eigenvalue weighted by atomic mass is 16.5. The summed E-state index contributed by atoms with van der Waals surface area (Å²) >= 11 is 0. The van der Waals surface area contributed by atoms with Gasteiger partial charge in [0, 0.05) is 6.61 Å². The van der Waals surface area contributed by atoms with Gasteiger partial charge < -0.3 is 9.84 Å². The van der Waals surface area contributed by atoms with E-state index in [0.29, 0.717) is 25.6 Å². The summed E-state index contributed by atoms with van der Waals surface area (Å²) in [7, 11) is 0. The largest absolute Gasteiger partial charge is 0.388 e. The summed E-state index contributed by atoms with van der Waals surface area (Å²) in [6.07, 6.45) is 7.29. The van der Waals surface area contributed by atoms with E-state index in [9.17, 15) is 10.4 Å². The van der Waals surface area contributed by atoms with E-state index in [-0.39, 0.29) is 0 Å². The van der Waals surface area contributed by atoms with Crippen LogP contribution in [-0.2, 0) is 4.74 Å². The van der Waals surface area contributed by atoms with Crippen molar-refractivity contribution in [3.05, 3.63) is 0 Å². The molecule has 1 N–H and O–H groups in total. The van der Waals surface area contributed by atoms with Crippen LogP contribution in [0.15, 0.2) is 0 Å². The highest BCUT2D eigenvalue weighted by molar-refractivity contribution is 5.15. The Labute approximate surface area is 103 Å². The molecule has 3 unspecified atom stereocenters. The van der Waals surface area contributed by atoms with Crippen molar-refractivity contribution < 1.29 is 9.84 Å². The summed E-state index contributed by atoms with van der Waals surface area (Å²) in [4.78, 5) is 0. The number of hydrogen-bond acceptors (Lipinski definition) is 3. The molecule has 0 aromatic rings. The summed E-state index contributed by atoms with van der Waals surface area (Å²) < 4.78 is 5.40. The molecule has 94 valence electrons. The minimum Gasteiger partial charge on any atom is -0.388 e. The molecule has 0 aromatic carbocycles. The van der Waals surface area contributed by atoms with Crippen molar-refractivity contribution >= 4 is 0 Å². The Bertz CT molecular complexity index is 339. The first kappa shape index (κ1) is 11.5. The maximum Gasteiger partial charge on any atom is 0.111 e. The molecule has 3 nitrogen and oxygen atoms in total.